The first-order valence-corrected chi connectivity index (χ1v) is 3.88. The molecule has 11 heavy (non-hydrogen) atoms. The van der Waals surface area contributed by atoms with Crippen molar-refractivity contribution in [2.45, 2.75) is 0 Å². The smallest absolute Gasteiger partial charge is 0.376 e. The maximum Gasteiger partial charge on any atom is 0.376 e. The van der Waals surface area contributed by atoms with Crippen LogP contribution < -0.4 is 14.7 Å². The third kappa shape index (κ3) is 0.948. The van der Waals surface area contributed by atoms with E-state index in [2.05, 4.69) is 4.99 Å². The Bertz CT molecular complexity index is 436. The standard InChI is InChI=1S/C7H4N2S2/c10-7-8-5-3-1-2-4-6(5)9(7)11/h1-4H. The molecular formula is C7H4N2S2. The Morgan fingerprint density at radius 2 is 2.09 bits per heavy atom. The molecule has 0 aliphatic carbocycles. The molecule has 1 aliphatic rings. The van der Waals surface area contributed by atoms with Crippen LogP contribution in [-0.2, 0) is 12.8 Å². The monoisotopic (exact) mass is 180 g/mol. The van der Waals surface area contributed by atoms with Crippen molar-refractivity contribution in [3.8, 4) is 0 Å². The molecule has 0 amide bonds. The number of para-hydroxylation sites is 2. The van der Waals surface area contributed by atoms with Crippen LogP contribution in [0.25, 0.3) is 0 Å². The predicted molar refractivity (Wildman–Crippen MR) is 48.4 cm³/mol. The van der Waals surface area contributed by atoms with Gasteiger partial charge in [0.1, 0.15) is 0 Å². The van der Waals surface area contributed by atoms with Crippen LogP contribution in [0.2, 0.25) is 0 Å². The van der Waals surface area contributed by atoms with Gasteiger partial charge in [0.25, 0.3) is 0 Å². The highest BCUT2D eigenvalue weighted by molar-refractivity contribution is 7.81. The number of benzene rings is 1. The molecule has 2 rings (SSSR count). The van der Waals surface area contributed by atoms with Gasteiger partial charge in [-0.3, -0.25) is 0 Å². The van der Waals surface area contributed by atoms with E-state index in [1.807, 2.05) is 24.3 Å². The number of thiocarbonyl (C=S) groups is 1. The Morgan fingerprint density at radius 3 is 2.82 bits per heavy atom. The van der Waals surface area contributed by atoms with E-state index in [9.17, 15) is 0 Å². The zero-order valence-corrected chi connectivity index (χ0v) is 7.15. The van der Waals surface area contributed by atoms with E-state index in [-0.39, 0.29) is 0 Å². The van der Waals surface area contributed by atoms with E-state index in [4.69, 9.17) is 25.0 Å². The Kier molecular flexibility index (Phi) is 1.44. The summed E-state index contributed by atoms with van der Waals surface area (Å²) in [4.78, 5) is 4.09. The third-order valence-electron chi connectivity index (χ3n) is 1.49. The zero-order valence-electron chi connectivity index (χ0n) is 5.52. The summed E-state index contributed by atoms with van der Waals surface area (Å²) in [5.74, 6) is 0. The molecule has 2 nitrogen and oxygen atoms in total. The van der Waals surface area contributed by atoms with E-state index < -0.39 is 0 Å². The molecule has 0 radical (unpaired) electrons. The number of nitrogens with zero attached hydrogens (tertiary/aromatic N) is 2. The van der Waals surface area contributed by atoms with Crippen molar-refractivity contribution in [3.05, 3.63) is 35.0 Å². The fraction of sp³-hybridized carbons (Fsp3) is 0. The molecule has 54 valence electrons. The summed E-state index contributed by atoms with van der Waals surface area (Å²) in [5.41, 5.74) is 0. The number of rotatable bonds is 0. The molecule has 1 aromatic carbocycles. The SMILES string of the molecule is S=C1N=c2ccccc2=[N+]1[S-]. The second-order valence-corrected chi connectivity index (χ2v) is 2.91. The fourth-order valence-corrected chi connectivity index (χ4v) is 1.37. The molecular weight excluding hydrogens is 176 g/mol. The lowest BCUT2D eigenvalue weighted by Crippen LogP contribution is -2.30. The van der Waals surface area contributed by atoms with Crippen molar-refractivity contribution in [2.24, 2.45) is 4.99 Å². The summed E-state index contributed by atoms with van der Waals surface area (Å²) < 4.78 is 1.49. The minimum Gasteiger partial charge on any atom is -0.553 e. The van der Waals surface area contributed by atoms with E-state index in [0.29, 0.717) is 5.11 Å². The summed E-state index contributed by atoms with van der Waals surface area (Å²) in [6.45, 7) is 0. The van der Waals surface area contributed by atoms with Crippen molar-refractivity contribution >= 4 is 30.1 Å². The molecule has 0 aromatic heterocycles. The third-order valence-corrected chi connectivity index (χ3v) is 2.25. The molecule has 0 unspecified atom stereocenters. The van der Waals surface area contributed by atoms with Crippen molar-refractivity contribution in [2.75, 3.05) is 0 Å². The normalized spacial score (nSPS) is 14.5. The van der Waals surface area contributed by atoms with Gasteiger partial charge < -0.3 is 16.8 Å². The van der Waals surface area contributed by atoms with Crippen LogP contribution in [0.1, 0.15) is 0 Å². The first-order valence-electron chi connectivity index (χ1n) is 3.11. The lowest BCUT2D eigenvalue weighted by molar-refractivity contribution is 1.23. The summed E-state index contributed by atoms with van der Waals surface area (Å²) in [7, 11) is 0. The van der Waals surface area contributed by atoms with Crippen LogP contribution >= 0.6 is 12.2 Å². The second kappa shape index (κ2) is 2.32. The Morgan fingerprint density at radius 1 is 1.36 bits per heavy atom. The minimum absolute atomic E-state index is 0.459. The molecule has 0 bridgehead atoms. The molecule has 1 heterocycles. The van der Waals surface area contributed by atoms with Crippen molar-refractivity contribution in [3.63, 3.8) is 0 Å². The predicted octanol–water partition coefficient (Wildman–Crippen LogP) is -0.442. The summed E-state index contributed by atoms with van der Waals surface area (Å²) >= 11 is 9.88. The van der Waals surface area contributed by atoms with Crippen LogP contribution in [0.4, 0.5) is 0 Å². The van der Waals surface area contributed by atoms with Gasteiger partial charge in [-0.1, -0.05) is 12.1 Å². The number of hydrogen-bond donors (Lipinski definition) is 0. The molecule has 0 fully saturated rings. The lowest BCUT2D eigenvalue weighted by atomic mass is 10.3. The van der Waals surface area contributed by atoms with Gasteiger partial charge in [0.05, 0.1) is 0 Å². The van der Waals surface area contributed by atoms with Gasteiger partial charge in [-0.05, 0) is 17.1 Å². The number of fused-ring (bicyclic) bond motifs is 1. The average molecular weight is 180 g/mol. The van der Waals surface area contributed by atoms with Crippen molar-refractivity contribution < 1.29 is 0 Å². The minimum atomic E-state index is 0.459. The molecule has 0 N–H and O–H groups in total. The maximum atomic E-state index is 4.98. The molecule has 4 heteroatoms. The first kappa shape index (κ1) is 6.82. The summed E-state index contributed by atoms with van der Waals surface area (Å²) in [6.07, 6.45) is 0. The Hall–Kier alpha value is -0.870. The molecule has 0 spiro atoms. The maximum absolute atomic E-state index is 4.98. The Labute approximate surface area is 74.4 Å². The quantitative estimate of drug-likeness (QED) is 0.305. The molecule has 1 aromatic rings. The first-order chi connectivity index (χ1) is 5.29. The van der Waals surface area contributed by atoms with Gasteiger partial charge in [-0.25, -0.2) is 0 Å². The van der Waals surface area contributed by atoms with Crippen LogP contribution in [-0.4, -0.2) is 5.11 Å². The van der Waals surface area contributed by atoms with Crippen LogP contribution in [0.15, 0.2) is 29.3 Å². The largest absolute Gasteiger partial charge is 0.553 e. The van der Waals surface area contributed by atoms with Gasteiger partial charge in [-0.2, -0.15) is 0 Å². The van der Waals surface area contributed by atoms with Gasteiger partial charge in [0.2, 0.25) is 5.36 Å². The van der Waals surface area contributed by atoms with E-state index >= 15 is 0 Å². The van der Waals surface area contributed by atoms with Gasteiger partial charge in [-0.15, -0.1) is 0 Å². The van der Waals surface area contributed by atoms with E-state index in [1.54, 1.807) is 0 Å². The van der Waals surface area contributed by atoms with Crippen molar-refractivity contribution in [1.29, 1.82) is 0 Å². The fourth-order valence-electron chi connectivity index (χ4n) is 0.982. The summed E-state index contributed by atoms with van der Waals surface area (Å²) in [5, 5.41) is 2.24. The highest BCUT2D eigenvalue weighted by Crippen LogP contribution is 1.82. The molecule has 1 aliphatic heterocycles. The average Bonchev–Trinajstić information content (AvgIpc) is 2.30. The highest BCUT2D eigenvalue weighted by atomic mass is 32.1. The van der Waals surface area contributed by atoms with Gasteiger partial charge >= 0.3 is 5.11 Å². The topological polar surface area (TPSA) is 15.4 Å². The van der Waals surface area contributed by atoms with Crippen molar-refractivity contribution in [1.82, 2.24) is 3.98 Å². The number of hydrogen-bond acceptors (Lipinski definition) is 2. The van der Waals surface area contributed by atoms with E-state index in [0.717, 1.165) is 10.7 Å². The summed E-state index contributed by atoms with van der Waals surface area (Å²) in [6, 6.07) is 7.64. The van der Waals surface area contributed by atoms with Crippen LogP contribution in [0, 0.1) is 0 Å². The lowest BCUT2D eigenvalue weighted by Gasteiger charge is -1.97. The highest BCUT2D eigenvalue weighted by Gasteiger charge is 2.11. The second-order valence-electron chi connectivity index (χ2n) is 2.18. The van der Waals surface area contributed by atoms with E-state index in [1.165, 1.54) is 3.98 Å². The van der Waals surface area contributed by atoms with Gasteiger partial charge in [0, 0.05) is 12.2 Å². The van der Waals surface area contributed by atoms with Gasteiger partial charge in [0.15, 0.2) is 5.36 Å². The molecule has 0 saturated heterocycles. The Balaban J connectivity index is 3.00. The molecule has 0 atom stereocenters. The van der Waals surface area contributed by atoms with Crippen LogP contribution in [0.3, 0.4) is 0 Å². The zero-order chi connectivity index (χ0) is 7.84. The van der Waals surface area contributed by atoms with Crippen LogP contribution in [0.5, 0.6) is 0 Å². The molecule has 0 saturated carbocycles.